The standard InChI is InChI=1S/C22H21NO2/c24-22(23-21-11-5-9-18-7-3-4-10-20(18)21)25-15-16-12-13-17-6-1-2-8-19(17)14-16/h1-11,16H,12-15H2,(H,23,24). The van der Waals surface area contributed by atoms with Gasteiger partial charge in [-0.3, -0.25) is 5.32 Å². The SMILES string of the molecule is O=C(Nc1cccc2ccccc12)OCC1CCc2ccccc2C1. The fraction of sp³-hybridized carbons (Fsp3) is 0.227. The Morgan fingerprint density at radius 3 is 2.64 bits per heavy atom. The van der Waals surface area contributed by atoms with Crippen LogP contribution in [0.3, 0.4) is 0 Å². The predicted molar refractivity (Wildman–Crippen MR) is 101 cm³/mol. The zero-order valence-electron chi connectivity index (χ0n) is 14.1. The van der Waals surface area contributed by atoms with E-state index in [2.05, 4.69) is 29.6 Å². The first-order valence-electron chi connectivity index (χ1n) is 8.78. The van der Waals surface area contributed by atoms with Gasteiger partial charge in [0.05, 0.1) is 12.3 Å². The maximum Gasteiger partial charge on any atom is 0.411 e. The van der Waals surface area contributed by atoms with Gasteiger partial charge in [0.25, 0.3) is 0 Å². The number of fused-ring (bicyclic) bond motifs is 2. The van der Waals surface area contributed by atoms with Crippen molar-refractivity contribution < 1.29 is 9.53 Å². The molecule has 0 aromatic heterocycles. The zero-order valence-corrected chi connectivity index (χ0v) is 14.1. The van der Waals surface area contributed by atoms with Crippen LogP contribution in [0.4, 0.5) is 10.5 Å². The van der Waals surface area contributed by atoms with Gasteiger partial charge in [0.2, 0.25) is 0 Å². The van der Waals surface area contributed by atoms with Gasteiger partial charge in [0.15, 0.2) is 0 Å². The molecule has 1 atom stereocenters. The fourth-order valence-electron chi connectivity index (χ4n) is 3.59. The van der Waals surface area contributed by atoms with Crippen LogP contribution < -0.4 is 5.32 Å². The monoisotopic (exact) mass is 331 g/mol. The molecule has 25 heavy (non-hydrogen) atoms. The molecule has 1 amide bonds. The van der Waals surface area contributed by atoms with Gasteiger partial charge in [-0.1, -0.05) is 60.7 Å². The van der Waals surface area contributed by atoms with Crippen LogP contribution in [0.15, 0.2) is 66.7 Å². The van der Waals surface area contributed by atoms with Gasteiger partial charge in [-0.15, -0.1) is 0 Å². The summed E-state index contributed by atoms with van der Waals surface area (Å²) in [5.74, 6) is 0.396. The number of benzene rings is 3. The van der Waals surface area contributed by atoms with Gasteiger partial charge in [0.1, 0.15) is 0 Å². The summed E-state index contributed by atoms with van der Waals surface area (Å²) in [6, 6.07) is 22.4. The van der Waals surface area contributed by atoms with Crippen LogP contribution >= 0.6 is 0 Å². The molecule has 3 heteroatoms. The van der Waals surface area contributed by atoms with Crippen LogP contribution in [-0.4, -0.2) is 12.7 Å². The largest absolute Gasteiger partial charge is 0.449 e. The van der Waals surface area contributed by atoms with Gasteiger partial charge in [-0.05, 0) is 47.8 Å². The average molecular weight is 331 g/mol. The van der Waals surface area contributed by atoms with E-state index in [0.29, 0.717) is 12.5 Å². The molecule has 126 valence electrons. The van der Waals surface area contributed by atoms with Gasteiger partial charge >= 0.3 is 6.09 Å². The molecule has 0 fully saturated rings. The Bertz CT molecular complexity index is 898. The molecule has 3 aromatic carbocycles. The van der Waals surface area contributed by atoms with Gasteiger partial charge in [-0.2, -0.15) is 0 Å². The summed E-state index contributed by atoms with van der Waals surface area (Å²) in [6.07, 6.45) is 2.74. The Labute approximate surface area is 147 Å². The van der Waals surface area contributed by atoms with E-state index in [1.807, 2.05) is 42.5 Å². The van der Waals surface area contributed by atoms with E-state index in [1.165, 1.54) is 11.1 Å². The number of ether oxygens (including phenoxy) is 1. The third kappa shape index (κ3) is 3.50. The van der Waals surface area contributed by atoms with Crippen molar-refractivity contribution in [2.75, 3.05) is 11.9 Å². The summed E-state index contributed by atoms with van der Waals surface area (Å²) in [4.78, 5) is 12.2. The third-order valence-corrected chi connectivity index (χ3v) is 4.93. The first kappa shape index (κ1) is 15.7. The molecule has 0 spiro atoms. The molecule has 1 aliphatic carbocycles. The Morgan fingerprint density at radius 1 is 0.960 bits per heavy atom. The lowest BCUT2D eigenvalue weighted by Gasteiger charge is -2.24. The van der Waals surface area contributed by atoms with Crippen LogP contribution in [0.5, 0.6) is 0 Å². The normalized spacial score (nSPS) is 16.2. The van der Waals surface area contributed by atoms with Crippen molar-refractivity contribution >= 4 is 22.6 Å². The number of rotatable bonds is 3. The molecule has 0 bridgehead atoms. The number of hydrogen-bond acceptors (Lipinski definition) is 2. The predicted octanol–water partition coefficient (Wildman–Crippen LogP) is 5.19. The topological polar surface area (TPSA) is 38.3 Å². The quantitative estimate of drug-likeness (QED) is 0.717. The molecule has 4 rings (SSSR count). The Morgan fingerprint density at radius 2 is 1.72 bits per heavy atom. The van der Waals surface area contributed by atoms with Crippen LogP contribution in [0.1, 0.15) is 17.5 Å². The van der Waals surface area contributed by atoms with Crippen molar-refractivity contribution in [3.63, 3.8) is 0 Å². The highest BCUT2D eigenvalue weighted by Crippen LogP contribution is 2.26. The summed E-state index contributed by atoms with van der Waals surface area (Å²) >= 11 is 0. The van der Waals surface area contributed by atoms with Crippen molar-refractivity contribution in [1.29, 1.82) is 0 Å². The van der Waals surface area contributed by atoms with Crippen LogP contribution in [0.2, 0.25) is 0 Å². The highest BCUT2D eigenvalue weighted by Gasteiger charge is 2.19. The van der Waals surface area contributed by atoms with E-state index >= 15 is 0 Å². The first-order chi connectivity index (χ1) is 12.3. The third-order valence-electron chi connectivity index (χ3n) is 4.93. The number of nitrogens with one attached hydrogen (secondary N) is 1. The van der Waals surface area contributed by atoms with E-state index in [-0.39, 0.29) is 6.09 Å². The number of anilines is 1. The summed E-state index contributed by atoms with van der Waals surface area (Å²) < 4.78 is 5.50. The summed E-state index contributed by atoms with van der Waals surface area (Å²) in [6.45, 7) is 0.463. The molecule has 3 aromatic rings. The van der Waals surface area contributed by atoms with E-state index < -0.39 is 0 Å². The second kappa shape index (κ2) is 6.98. The minimum Gasteiger partial charge on any atom is -0.449 e. The highest BCUT2D eigenvalue weighted by atomic mass is 16.5. The van der Waals surface area contributed by atoms with E-state index in [4.69, 9.17) is 4.74 Å². The number of aryl methyl sites for hydroxylation is 1. The lowest BCUT2D eigenvalue weighted by molar-refractivity contribution is 0.136. The number of carbonyl (C=O) groups is 1. The van der Waals surface area contributed by atoms with Crippen molar-refractivity contribution in [2.24, 2.45) is 5.92 Å². The molecule has 0 saturated carbocycles. The smallest absolute Gasteiger partial charge is 0.411 e. The number of carbonyl (C=O) groups excluding carboxylic acids is 1. The van der Waals surface area contributed by atoms with Gasteiger partial charge in [-0.25, -0.2) is 4.79 Å². The molecule has 1 N–H and O–H groups in total. The van der Waals surface area contributed by atoms with Gasteiger partial charge in [0, 0.05) is 5.39 Å². The van der Waals surface area contributed by atoms with Crippen molar-refractivity contribution in [2.45, 2.75) is 19.3 Å². The van der Waals surface area contributed by atoms with Crippen LogP contribution in [-0.2, 0) is 17.6 Å². The fourth-order valence-corrected chi connectivity index (χ4v) is 3.59. The zero-order chi connectivity index (χ0) is 17.1. The molecule has 0 aliphatic heterocycles. The van der Waals surface area contributed by atoms with Gasteiger partial charge < -0.3 is 4.74 Å². The lowest BCUT2D eigenvalue weighted by Crippen LogP contribution is -2.23. The van der Waals surface area contributed by atoms with E-state index in [1.54, 1.807) is 0 Å². The molecule has 3 nitrogen and oxygen atoms in total. The summed E-state index contributed by atoms with van der Waals surface area (Å²) in [5, 5.41) is 5.01. The maximum absolute atomic E-state index is 12.2. The Hall–Kier alpha value is -2.81. The molecular formula is C22H21NO2. The minimum atomic E-state index is -0.379. The molecular weight excluding hydrogens is 310 g/mol. The molecule has 1 unspecified atom stereocenters. The average Bonchev–Trinajstić information content (AvgIpc) is 2.66. The molecule has 0 radical (unpaired) electrons. The van der Waals surface area contributed by atoms with E-state index in [0.717, 1.165) is 35.7 Å². The number of hydrogen-bond donors (Lipinski definition) is 1. The second-order valence-corrected chi connectivity index (χ2v) is 6.63. The van der Waals surface area contributed by atoms with Crippen molar-refractivity contribution in [3.05, 3.63) is 77.9 Å². The molecule has 1 aliphatic rings. The lowest BCUT2D eigenvalue weighted by atomic mass is 9.84. The summed E-state index contributed by atoms with van der Waals surface area (Å²) in [5.41, 5.74) is 3.60. The Balaban J connectivity index is 1.37. The molecule has 0 heterocycles. The van der Waals surface area contributed by atoms with Crippen LogP contribution in [0, 0.1) is 5.92 Å². The second-order valence-electron chi connectivity index (χ2n) is 6.63. The van der Waals surface area contributed by atoms with Crippen molar-refractivity contribution in [3.8, 4) is 0 Å². The maximum atomic E-state index is 12.2. The van der Waals surface area contributed by atoms with Crippen LogP contribution in [0.25, 0.3) is 10.8 Å². The number of amides is 1. The first-order valence-corrected chi connectivity index (χ1v) is 8.78. The highest BCUT2D eigenvalue weighted by molar-refractivity contribution is 6.00. The van der Waals surface area contributed by atoms with E-state index in [9.17, 15) is 4.79 Å². The summed E-state index contributed by atoms with van der Waals surface area (Å²) in [7, 11) is 0. The Kier molecular flexibility index (Phi) is 4.38. The van der Waals surface area contributed by atoms with Crippen molar-refractivity contribution in [1.82, 2.24) is 0 Å². The molecule has 0 saturated heterocycles. The minimum absolute atomic E-state index is 0.379.